The number of carboxylic acid groups (broad SMARTS) is 1. The van der Waals surface area contributed by atoms with E-state index in [1.165, 1.54) is 6.39 Å². The quantitative estimate of drug-likeness (QED) is 0.732. The molecule has 2 rings (SSSR count). The molecule has 1 aliphatic heterocycles. The Bertz CT molecular complexity index is 319. The van der Waals surface area contributed by atoms with Crippen LogP contribution in [0.1, 0.15) is 22.3 Å². The van der Waals surface area contributed by atoms with Crippen LogP contribution in [-0.2, 0) is 0 Å². The molecule has 0 amide bonds. The summed E-state index contributed by atoms with van der Waals surface area (Å²) in [5, 5.41) is 11.9. The first-order chi connectivity index (χ1) is 6.29. The maximum absolute atomic E-state index is 10.7. The van der Waals surface area contributed by atoms with E-state index < -0.39 is 5.97 Å². The molecule has 0 saturated carbocycles. The summed E-state index contributed by atoms with van der Waals surface area (Å²) in [6, 6.07) is -0.0152. The highest BCUT2D eigenvalue weighted by atomic mass is 32.2. The molecule has 0 spiro atoms. The van der Waals surface area contributed by atoms with E-state index in [0.29, 0.717) is 5.76 Å². The fourth-order valence-electron chi connectivity index (χ4n) is 1.23. The van der Waals surface area contributed by atoms with Gasteiger partial charge in [-0.15, -0.1) is 11.8 Å². The van der Waals surface area contributed by atoms with Crippen molar-refractivity contribution in [1.82, 2.24) is 10.3 Å². The second-order valence-corrected chi connectivity index (χ2v) is 3.67. The highest BCUT2D eigenvalue weighted by Crippen LogP contribution is 2.26. The van der Waals surface area contributed by atoms with Gasteiger partial charge >= 0.3 is 5.97 Å². The van der Waals surface area contributed by atoms with Crippen LogP contribution in [-0.4, -0.2) is 27.7 Å². The van der Waals surface area contributed by atoms with Gasteiger partial charge in [0.15, 0.2) is 17.8 Å². The Balaban J connectivity index is 2.28. The molecule has 2 N–H and O–H groups in total. The Morgan fingerprint density at radius 1 is 1.85 bits per heavy atom. The molecule has 1 saturated heterocycles. The number of carbonyl (C=O) groups is 1. The molecule has 0 radical (unpaired) electrons. The van der Waals surface area contributed by atoms with Crippen LogP contribution < -0.4 is 5.32 Å². The normalized spacial score (nSPS) is 22.0. The number of nitrogens with one attached hydrogen (secondary N) is 1. The molecule has 1 aromatic heterocycles. The highest BCUT2D eigenvalue weighted by Gasteiger charge is 2.26. The van der Waals surface area contributed by atoms with Crippen LogP contribution >= 0.6 is 11.8 Å². The van der Waals surface area contributed by atoms with Crippen molar-refractivity contribution >= 4 is 17.7 Å². The maximum Gasteiger partial charge on any atom is 0.358 e. The SMILES string of the molecule is O=C(O)c1ncoc1C1CSCN1. The Morgan fingerprint density at radius 2 is 2.69 bits per heavy atom. The number of oxazole rings is 1. The molecule has 2 heterocycles. The van der Waals surface area contributed by atoms with Crippen molar-refractivity contribution in [2.75, 3.05) is 11.6 Å². The van der Waals surface area contributed by atoms with Gasteiger partial charge in [0.25, 0.3) is 0 Å². The van der Waals surface area contributed by atoms with Gasteiger partial charge in [-0.1, -0.05) is 0 Å². The van der Waals surface area contributed by atoms with Crippen LogP contribution in [0.2, 0.25) is 0 Å². The molecule has 5 nitrogen and oxygen atoms in total. The van der Waals surface area contributed by atoms with Crippen LogP contribution in [0.4, 0.5) is 0 Å². The molecule has 13 heavy (non-hydrogen) atoms. The standard InChI is InChI=1S/C7H8N2O3S/c10-7(11)5-6(12-2-8-5)4-1-13-3-9-4/h2,4,9H,1,3H2,(H,10,11). The molecule has 6 heteroatoms. The zero-order valence-corrected chi connectivity index (χ0v) is 7.50. The fourth-order valence-corrected chi connectivity index (χ4v) is 2.17. The van der Waals surface area contributed by atoms with Gasteiger partial charge in [0, 0.05) is 11.6 Å². The lowest BCUT2D eigenvalue weighted by Gasteiger charge is -2.04. The minimum Gasteiger partial charge on any atom is -0.476 e. The van der Waals surface area contributed by atoms with Gasteiger partial charge in [0.05, 0.1) is 6.04 Å². The smallest absolute Gasteiger partial charge is 0.358 e. The predicted octanol–water partition coefficient (Wildman–Crippen LogP) is 0.708. The summed E-state index contributed by atoms with van der Waals surface area (Å²) >= 11 is 1.71. The van der Waals surface area contributed by atoms with Crippen LogP contribution in [0.25, 0.3) is 0 Å². The third-order valence-corrected chi connectivity index (χ3v) is 2.77. The summed E-state index contributed by atoms with van der Waals surface area (Å²) in [5.74, 6) is 1.04. The van der Waals surface area contributed by atoms with E-state index in [1.54, 1.807) is 11.8 Å². The van der Waals surface area contributed by atoms with Crippen LogP contribution in [0.3, 0.4) is 0 Å². The Labute approximate surface area is 78.5 Å². The third-order valence-electron chi connectivity index (χ3n) is 1.83. The van der Waals surface area contributed by atoms with Crippen LogP contribution in [0.15, 0.2) is 10.8 Å². The number of hydrogen-bond donors (Lipinski definition) is 2. The van der Waals surface area contributed by atoms with Crippen molar-refractivity contribution < 1.29 is 14.3 Å². The van der Waals surface area contributed by atoms with Gasteiger partial charge < -0.3 is 9.52 Å². The number of carboxylic acids is 1. The number of aromatic nitrogens is 1. The largest absolute Gasteiger partial charge is 0.476 e. The van der Waals surface area contributed by atoms with Gasteiger partial charge in [-0.25, -0.2) is 9.78 Å². The number of rotatable bonds is 2. The molecule has 0 bridgehead atoms. The molecule has 1 atom stereocenters. The molecule has 0 aliphatic carbocycles. The number of hydrogen-bond acceptors (Lipinski definition) is 5. The second-order valence-electron chi connectivity index (χ2n) is 2.64. The van der Waals surface area contributed by atoms with Crippen molar-refractivity contribution in [3.8, 4) is 0 Å². The van der Waals surface area contributed by atoms with Gasteiger partial charge in [-0.05, 0) is 0 Å². The van der Waals surface area contributed by atoms with Gasteiger partial charge in [0.2, 0.25) is 0 Å². The average Bonchev–Trinajstić information content (AvgIpc) is 2.74. The third kappa shape index (κ3) is 1.54. The summed E-state index contributed by atoms with van der Waals surface area (Å²) < 4.78 is 5.04. The number of thioether (sulfide) groups is 1. The molecule has 0 aromatic carbocycles. The molecular weight excluding hydrogens is 192 g/mol. The second kappa shape index (κ2) is 3.39. The topological polar surface area (TPSA) is 75.4 Å². The van der Waals surface area contributed by atoms with Gasteiger partial charge in [0.1, 0.15) is 0 Å². The summed E-state index contributed by atoms with van der Waals surface area (Å²) in [4.78, 5) is 14.3. The maximum atomic E-state index is 10.7. The molecular formula is C7H8N2O3S. The van der Waals surface area contributed by atoms with Crippen molar-refractivity contribution in [3.05, 3.63) is 17.8 Å². The van der Waals surface area contributed by atoms with E-state index in [2.05, 4.69) is 10.3 Å². The van der Waals surface area contributed by atoms with E-state index in [0.717, 1.165) is 11.6 Å². The van der Waals surface area contributed by atoms with E-state index >= 15 is 0 Å². The number of nitrogens with zero attached hydrogens (tertiary/aromatic N) is 1. The Hall–Kier alpha value is -1.01. The average molecular weight is 200 g/mol. The van der Waals surface area contributed by atoms with E-state index in [9.17, 15) is 4.79 Å². The molecule has 1 aliphatic rings. The summed E-state index contributed by atoms with van der Waals surface area (Å²) in [7, 11) is 0. The zero-order valence-electron chi connectivity index (χ0n) is 6.69. The first-order valence-corrected chi connectivity index (χ1v) is 4.92. The lowest BCUT2D eigenvalue weighted by atomic mass is 10.2. The molecule has 70 valence electrons. The minimum atomic E-state index is -1.04. The Morgan fingerprint density at radius 3 is 3.31 bits per heavy atom. The zero-order chi connectivity index (χ0) is 9.26. The predicted molar refractivity (Wildman–Crippen MR) is 46.7 cm³/mol. The lowest BCUT2D eigenvalue weighted by molar-refractivity contribution is 0.0688. The monoisotopic (exact) mass is 200 g/mol. The Kier molecular flexibility index (Phi) is 2.24. The van der Waals surface area contributed by atoms with Crippen LogP contribution in [0.5, 0.6) is 0 Å². The first kappa shape index (κ1) is 8.58. The fraction of sp³-hybridized carbons (Fsp3) is 0.429. The van der Waals surface area contributed by atoms with Crippen molar-refractivity contribution in [2.45, 2.75) is 6.04 Å². The molecule has 1 unspecified atom stereocenters. The lowest BCUT2D eigenvalue weighted by Crippen LogP contribution is -2.17. The van der Waals surface area contributed by atoms with Crippen molar-refractivity contribution in [2.24, 2.45) is 0 Å². The summed E-state index contributed by atoms with van der Waals surface area (Å²) in [5.41, 5.74) is 0.0139. The highest BCUT2D eigenvalue weighted by molar-refractivity contribution is 7.99. The summed E-state index contributed by atoms with van der Waals surface area (Å²) in [6.07, 6.45) is 1.17. The van der Waals surface area contributed by atoms with Crippen LogP contribution in [0, 0.1) is 0 Å². The van der Waals surface area contributed by atoms with Gasteiger partial charge in [-0.3, -0.25) is 5.32 Å². The molecule has 1 fully saturated rings. The van der Waals surface area contributed by atoms with E-state index in [-0.39, 0.29) is 11.7 Å². The molecule has 1 aromatic rings. The minimum absolute atomic E-state index is 0.0139. The van der Waals surface area contributed by atoms with Gasteiger partial charge in [-0.2, -0.15) is 0 Å². The number of aromatic carboxylic acids is 1. The van der Waals surface area contributed by atoms with E-state index in [1.807, 2.05) is 0 Å². The first-order valence-electron chi connectivity index (χ1n) is 3.77. The van der Waals surface area contributed by atoms with E-state index in [4.69, 9.17) is 9.52 Å². The summed E-state index contributed by atoms with van der Waals surface area (Å²) in [6.45, 7) is 0. The van der Waals surface area contributed by atoms with Crippen molar-refractivity contribution in [3.63, 3.8) is 0 Å². The van der Waals surface area contributed by atoms with Crippen molar-refractivity contribution in [1.29, 1.82) is 0 Å².